The van der Waals surface area contributed by atoms with Crippen LogP contribution in [-0.2, 0) is 0 Å². The number of carbonyl (C=O) groups excluding carboxylic acids is 1. The zero-order valence-corrected chi connectivity index (χ0v) is 20.5. The van der Waals surface area contributed by atoms with Crippen LogP contribution in [0, 0.1) is 0 Å². The molecule has 1 aromatic heterocycles. The highest BCUT2D eigenvalue weighted by Gasteiger charge is 2.28. The number of fused-ring (bicyclic) bond motifs is 1. The molecule has 0 bridgehead atoms. The second kappa shape index (κ2) is 10.7. The smallest absolute Gasteiger partial charge is 0.254 e. The summed E-state index contributed by atoms with van der Waals surface area (Å²) in [5.41, 5.74) is 2.96. The van der Waals surface area contributed by atoms with E-state index in [-0.39, 0.29) is 5.91 Å². The number of ether oxygens (including phenoxy) is 4. The molecular formula is C27H34N2O5. The van der Waals surface area contributed by atoms with Crippen molar-refractivity contribution >= 4 is 16.8 Å². The summed E-state index contributed by atoms with van der Waals surface area (Å²) in [7, 11) is 1.69. The Morgan fingerprint density at radius 3 is 2.21 bits per heavy atom. The highest BCUT2D eigenvalue weighted by molar-refractivity contribution is 5.96. The molecule has 7 nitrogen and oxygen atoms in total. The Bertz CT molecular complexity index is 1100. The predicted molar refractivity (Wildman–Crippen MR) is 133 cm³/mol. The molecule has 0 radical (unpaired) electrons. The zero-order chi connectivity index (χ0) is 24.1. The molecule has 1 aliphatic rings. The van der Waals surface area contributed by atoms with Gasteiger partial charge in [-0.25, -0.2) is 0 Å². The van der Waals surface area contributed by atoms with Crippen LogP contribution < -0.4 is 18.9 Å². The molecule has 7 heteroatoms. The van der Waals surface area contributed by atoms with Crippen LogP contribution in [0.25, 0.3) is 10.9 Å². The van der Waals surface area contributed by atoms with Crippen molar-refractivity contribution in [2.24, 2.45) is 0 Å². The van der Waals surface area contributed by atoms with E-state index in [1.807, 2.05) is 37.8 Å². The van der Waals surface area contributed by atoms with Gasteiger partial charge in [0.2, 0.25) is 5.75 Å². The molecule has 4 rings (SSSR count). The third-order valence-corrected chi connectivity index (χ3v) is 6.30. The van der Waals surface area contributed by atoms with Crippen molar-refractivity contribution < 1.29 is 23.7 Å². The highest BCUT2D eigenvalue weighted by Crippen LogP contribution is 2.40. The van der Waals surface area contributed by atoms with Crippen molar-refractivity contribution in [2.75, 3.05) is 40.0 Å². The lowest BCUT2D eigenvalue weighted by Crippen LogP contribution is -2.37. The quantitative estimate of drug-likeness (QED) is 0.458. The van der Waals surface area contributed by atoms with Gasteiger partial charge in [-0.2, -0.15) is 0 Å². The fourth-order valence-electron chi connectivity index (χ4n) is 4.67. The minimum Gasteiger partial charge on any atom is -0.497 e. The van der Waals surface area contributed by atoms with Crippen LogP contribution in [0.1, 0.15) is 55.5 Å². The standard InChI is InChI=1S/C27H34N2O5/c1-5-32-24-14-19(15-25(33-6-2)26(24)34-7-3)27(30)29-12-10-18(11-13-29)22-17-28-23-9-8-20(31-4)16-21(22)23/h8-9,14-18,28H,5-7,10-13H2,1-4H3. The number of carbonyl (C=O) groups is 1. The first-order chi connectivity index (χ1) is 16.6. The number of benzene rings is 2. The van der Waals surface area contributed by atoms with Gasteiger partial charge in [0, 0.05) is 35.8 Å². The molecule has 1 N–H and O–H groups in total. The number of hydrogen-bond donors (Lipinski definition) is 1. The number of hydrogen-bond acceptors (Lipinski definition) is 5. The Hall–Kier alpha value is -3.35. The number of aromatic nitrogens is 1. The van der Waals surface area contributed by atoms with Gasteiger partial charge >= 0.3 is 0 Å². The van der Waals surface area contributed by atoms with Crippen LogP contribution in [0.5, 0.6) is 23.0 Å². The van der Waals surface area contributed by atoms with Gasteiger partial charge in [-0.1, -0.05) is 0 Å². The maximum Gasteiger partial charge on any atom is 0.254 e. The lowest BCUT2D eigenvalue weighted by molar-refractivity contribution is 0.0712. The largest absolute Gasteiger partial charge is 0.497 e. The van der Waals surface area contributed by atoms with Crippen LogP contribution in [0.3, 0.4) is 0 Å². The van der Waals surface area contributed by atoms with Gasteiger partial charge in [0.25, 0.3) is 5.91 Å². The molecule has 3 aromatic rings. The molecule has 0 spiro atoms. The average molecular weight is 467 g/mol. The molecule has 0 atom stereocenters. The minimum atomic E-state index is -0.0102. The second-order valence-electron chi connectivity index (χ2n) is 8.32. The first-order valence-corrected chi connectivity index (χ1v) is 12.1. The van der Waals surface area contributed by atoms with Gasteiger partial charge in [-0.3, -0.25) is 4.79 Å². The van der Waals surface area contributed by atoms with E-state index in [0.717, 1.165) is 24.1 Å². The summed E-state index contributed by atoms with van der Waals surface area (Å²) in [6.45, 7) is 8.57. The fraction of sp³-hybridized carbons (Fsp3) is 0.444. The van der Waals surface area contributed by atoms with Crippen LogP contribution in [0.2, 0.25) is 0 Å². The molecule has 2 heterocycles. The summed E-state index contributed by atoms with van der Waals surface area (Å²) in [6, 6.07) is 9.65. The van der Waals surface area contributed by atoms with Crippen LogP contribution >= 0.6 is 0 Å². The van der Waals surface area contributed by atoms with Crippen molar-refractivity contribution in [3.63, 3.8) is 0 Å². The molecule has 182 valence electrons. The zero-order valence-electron chi connectivity index (χ0n) is 20.5. The van der Waals surface area contributed by atoms with Gasteiger partial charge in [-0.05, 0) is 75.4 Å². The molecule has 0 unspecified atom stereocenters. The molecular weight excluding hydrogens is 432 g/mol. The lowest BCUT2D eigenvalue weighted by Gasteiger charge is -2.32. The molecule has 0 aliphatic carbocycles. The minimum absolute atomic E-state index is 0.0102. The van der Waals surface area contributed by atoms with Crippen LogP contribution in [0.15, 0.2) is 36.5 Å². The first kappa shape index (κ1) is 23.8. The summed E-state index contributed by atoms with van der Waals surface area (Å²) >= 11 is 0. The number of aromatic amines is 1. The first-order valence-electron chi connectivity index (χ1n) is 12.1. The van der Waals surface area contributed by atoms with E-state index in [4.69, 9.17) is 18.9 Å². The number of rotatable bonds is 9. The van der Waals surface area contributed by atoms with E-state index in [1.165, 1.54) is 10.9 Å². The summed E-state index contributed by atoms with van der Waals surface area (Å²) in [4.78, 5) is 18.7. The predicted octanol–water partition coefficient (Wildman–Crippen LogP) is 5.39. The van der Waals surface area contributed by atoms with Crippen molar-refractivity contribution in [3.8, 4) is 23.0 Å². The summed E-state index contributed by atoms with van der Waals surface area (Å²) in [6.07, 6.45) is 3.91. The number of methoxy groups -OCH3 is 1. The molecule has 1 aliphatic heterocycles. The maximum absolute atomic E-state index is 13.4. The SMILES string of the molecule is CCOc1cc(C(=O)N2CCC(c3c[nH]c4ccc(OC)cc34)CC2)cc(OCC)c1OCC. The molecule has 2 aromatic carbocycles. The van der Waals surface area contributed by atoms with Crippen LogP contribution in [0.4, 0.5) is 0 Å². The molecule has 1 saturated heterocycles. The summed E-state index contributed by atoms with van der Waals surface area (Å²) in [5.74, 6) is 2.87. The van der Waals surface area contributed by atoms with E-state index >= 15 is 0 Å². The van der Waals surface area contributed by atoms with Gasteiger partial charge in [-0.15, -0.1) is 0 Å². The number of H-pyrrole nitrogens is 1. The number of piperidine rings is 1. The van der Waals surface area contributed by atoms with Gasteiger partial charge in [0.05, 0.1) is 26.9 Å². The number of nitrogens with one attached hydrogen (secondary N) is 1. The van der Waals surface area contributed by atoms with E-state index < -0.39 is 0 Å². The Balaban J connectivity index is 1.52. The average Bonchev–Trinajstić information content (AvgIpc) is 3.29. The van der Waals surface area contributed by atoms with Gasteiger partial charge in [0.15, 0.2) is 11.5 Å². The fourth-order valence-corrected chi connectivity index (χ4v) is 4.67. The van der Waals surface area contributed by atoms with E-state index in [2.05, 4.69) is 17.2 Å². The van der Waals surface area contributed by atoms with Crippen molar-refractivity contribution in [3.05, 3.63) is 47.7 Å². The lowest BCUT2D eigenvalue weighted by atomic mass is 9.89. The summed E-state index contributed by atoms with van der Waals surface area (Å²) in [5, 5.41) is 1.19. The van der Waals surface area contributed by atoms with Crippen molar-refractivity contribution in [1.29, 1.82) is 0 Å². The second-order valence-corrected chi connectivity index (χ2v) is 8.32. The molecule has 34 heavy (non-hydrogen) atoms. The molecule has 0 saturated carbocycles. The number of amides is 1. The molecule has 1 amide bonds. The Labute approximate surface area is 200 Å². The number of likely N-dealkylation sites (tertiary alicyclic amines) is 1. The van der Waals surface area contributed by atoms with E-state index in [1.54, 1.807) is 19.2 Å². The maximum atomic E-state index is 13.4. The summed E-state index contributed by atoms with van der Waals surface area (Å²) < 4.78 is 22.8. The molecule has 1 fully saturated rings. The highest BCUT2D eigenvalue weighted by atomic mass is 16.5. The van der Waals surface area contributed by atoms with Crippen molar-refractivity contribution in [2.45, 2.75) is 39.5 Å². The van der Waals surface area contributed by atoms with Gasteiger partial charge < -0.3 is 28.8 Å². The third-order valence-electron chi connectivity index (χ3n) is 6.30. The number of nitrogens with zero attached hydrogens (tertiary/aromatic N) is 1. The third kappa shape index (κ3) is 4.79. The normalized spacial score (nSPS) is 14.3. The van der Waals surface area contributed by atoms with Crippen molar-refractivity contribution in [1.82, 2.24) is 9.88 Å². The van der Waals surface area contributed by atoms with Crippen LogP contribution in [-0.4, -0.2) is 55.8 Å². The van der Waals surface area contributed by atoms with Gasteiger partial charge in [0.1, 0.15) is 5.75 Å². The Kier molecular flexibility index (Phi) is 7.50. The Morgan fingerprint density at radius 1 is 0.971 bits per heavy atom. The van der Waals surface area contributed by atoms with E-state index in [0.29, 0.717) is 61.6 Å². The topological polar surface area (TPSA) is 73.0 Å². The van der Waals surface area contributed by atoms with E-state index in [9.17, 15) is 4.79 Å². The Morgan fingerprint density at radius 2 is 1.62 bits per heavy atom. The monoisotopic (exact) mass is 466 g/mol.